The molecule has 1 aromatic heterocycles. The van der Waals surface area contributed by atoms with E-state index in [0.717, 1.165) is 47.6 Å². The maximum Gasteiger partial charge on any atom is 0.294 e. The Hall–Kier alpha value is -3.01. The van der Waals surface area contributed by atoms with E-state index >= 15 is 0 Å². The molecule has 0 spiro atoms. The third kappa shape index (κ3) is 5.68. The van der Waals surface area contributed by atoms with Crippen molar-refractivity contribution >= 4 is 15.9 Å². The van der Waals surface area contributed by atoms with Crippen molar-refractivity contribution in [2.75, 3.05) is 38.1 Å². The zero-order valence-electron chi connectivity index (χ0n) is 18.7. The summed E-state index contributed by atoms with van der Waals surface area (Å²) in [6.07, 6.45) is 0. The van der Waals surface area contributed by atoms with E-state index in [2.05, 4.69) is 33.1 Å². The Morgan fingerprint density at radius 1 is 0.848 bits per heavy atom. The second-order valence-electron chi connectivity index (χ2n) is 8.76. The van der Waals surface area contributed by atoms with Crippen LogP contribution in [0.5, 0.6) is 5.75 Å². The molecular weight excluding hydrogens is 440 g/mol. The molecule has 9 heteroatoms. The maximum absolute atomic E-state index is 10.5. The van der Waals surface area contributed by atoms with Crippen LogP contribution in [0.4, 0.5) is 5.82 Å². The second-order valence-corrected chi connectivity index (χ2v) is 10.2. The van der Waals surface area contributed by atoms with Crippen LogP contribution >= 0.6 is 0 Å². The number of phenols is 1. The average molecular weight is 469 g/mol. The summed E-state index contributed by atoms with van der Waals surface area (Å²) in [5.41, 5.74) is 2.76. The van der Waals surface area contributed by atoms with Crippen molar-refractivity contribution in [1.29, 1.82) is 0 Å². The van der Waals surface area contributed by atoms with Crippen LogP contribution in [0.3, 0.4) is 0 Å². The molecule has 0 radical (unpaired) electrons. The van der Waals surface area contributed by atoms with Gasteiger partial charge in [-0.25, -0.2) is 0 Å². The molecule has 2 N–H and O–H groups in total. The van der Waals surface area contributed by atoms with E-state index in [1.807, 2.05) is 25.1 Å². The van der Waals surface area contributed by atoms with Gasteiger partial charge in [-0.3, -0.25) is 4.55 Å². The first-order chi connectivity index (χ1) is 15.7. The molecule has 0 unspecified atom stereocenters. The van der Waals surface area contributed by atoms with Crippen LogP contribution in [0.15, 0.2) is 65.6 Å². The van der Waals surface area contributed by atoms with Crippen LogP contribution in [0.25, 0.3) is 11.3 Å². The summed E-state index contributed by atoms with van der Waals surface area (Å²) in [5, 5.41) is 18.1. The van der Waals surface area contributed by atoms with E-state index in [0.29, 0.717) is 0 Å². The van der Waals surface area contributed by atoms with Gasteiger partial charge in [0.1, 0.15) is 5.75 Å². The molecule has 8 nitrogen and oxygen atoms in total. The lowest BCUT2D eigenvalue weighted by atomic mass is 10.0. The monoisotopic (exact) mass is 468 g/mol. The van der Waals surface area contributed by atoms with E-state index in [4.69, 9.17) is 4.55 Å². The lowest BCUT2D eigenvalue weighted by Gasteiger charge is -2.19. The normalized spacial score (nSPS) is 20.3. The smallest absolute Gasteiger partial charge is 0.294 e. The van der Waals surface area contributed by atoms with Crippen LogP contribution < -0.4 is 4.90 Å². The van der Waals surface area contributed by atoms with Crippen molar-refractivity contribution in [3.63, 3.8) is 0 Å². The topological polar surface area (TPSA) is 107 Å². The molecule has 0 amide bonds. The summed E-state index contributed by atoms with van der Waals surface area (Å²) in [4.78, 5) is 4.71. The summed E-state index contributed by atoms with van der Waals surface area (Å²) >= 11 is 0. The first kappa shape index (κ1) is 23.2. The summed E-state index contributed by atoms with van der Waals surface area (Å²) in [6, 6.07) is 17.1. The van der Waals surface area contributed by atoms with Gasteiger partial charge in [0.15, 0.2) is 5.82 Å². The number of hydrogen-bond acceptors (Lipinski definition) is 7. The Morgan fingerprint density at radius 2 is 1.45 bits per heavy atom. The number of hydrogen-bond donors (Lipinski definition) is 2. The standard InChI is InChI=1S/C17H20N4O.C7H8O3S/c1-20-8-13-10-21(11-14(13)9-20)17-7-6-16(18-19-17)12-2-4-15(22)5-3-12;1-6-2-4-7(5-3-6)11(8,9)10/h2-7,13-14,22H,8-11H2,1H3;2-5H,1H3,(H,8,9,10)/t13-,14+;. The Bertz CT molecular complexity index is 1170. The van der Waals surface area contributed by atoms with Gasteiger partial charge in [-0.15, -0.1) is 10.2 Å². The maximum atomic E-state index is 10.5. The number of aryl methyl sites for hydroxylation is 1. The fourth-order valence-corrected chi connectivity index (χ4v) is 4.88. The zero-order chi connectivity index (χ0) is 23.6. The highest BCUT2D eigenvalue weighted by molar-refractivity contribution is 7.85. The molecule has 2 saturated heterocycles. The van der Waals surface area contributed by atoms with Crippen molar-refractivity contribution < 1.29 is 18.1 Å². The third-order valence-corrected chi connectivity index (χ3v) is 6.99. The number of anilines is 1. The second kappa shape index (κ2) is 9.46. The molecule has 2 aliphatic heterocycles. The summed E-state index contributed by atoms with van der Waals surface area (Å²) in [6.45, 7) is 6.40. The van der Waals surface area contributed by atoms with Crippen molar-refractivity contribution in [3.8, 4) is 17.0 Å². The van der Waals surface area contributed by atoms with Crippen molar-refractivity contribution in [2.24, 2.45) is 11.8 Å². The number of aromatic hydroxyl groups is 1. The van der Waals surface area contributed by atoms with Crippen molar-refractivity contribution in [3.05, 3.63) is 66.2 Å². The van der Waals surface area contributed by atoms with Gasteiger partial charge in [0, 0.05) is 31.7 Å². The van der Waals surface area contributed by atoms with Crippen LogP contribution in [0.2, 0.25) is 0 Å². The average Bonchev–Trinajstić information content (AvgIpc) is 3.32. The van der Waals surface area contributed by atoms with Gasteiger partial charge in [-0.2, -0.15) is 8.42 Å². The Kier molecular flexibility index (Phi) is 6.64. The van der Waals surface area contributed by atoms with Gasteiger partial charge in [0.25, 0.3) is 10.1 Å². The molecule has 174 valence electrons. The van der Waals surface area contributed by atoms with E-state index < -0.39 is 10.1 Å². The van der Waals surface area contributed by atoms with E-state index in [1.165, 1.54) is 25.2 Å². The van der Waals surface area contributed by atoms with Gasteiger partial charge in [-0.05, 0) is 74.3 Å². The Balaban J connectivity index is 0.000000200. The minimum atomic E-state index is -4.02. The van der Waals surface area contributed by atoms with Gasteiger partial charge in [-0.1, -0.05) is 17.7 Å². The van der Waals surface area contributed by atoms with Crippen molar-refractivity contribution in [2.45, 2.75) is 11.8 Å². The number of aromatic nitrogens is 2. The number of nitrogens with zero attached hydrogens (tertiary/aromatic N) is 4. The molecule has 2 aliphatic rings. The fraction of sp³-hybridized carbons (Fsp3) is 0.333. The summed E-state index contributed by atoms with van der Waals surface area (Å²) in [5.74, 6) is 2.77. The van der Waals surface area contributed by atoms with Gasteiger partial charge >= 0.3 is 0 Å². The van der Waals surface area contributed by atoms with E-state index in [9.17, 15) is 13.5 Å². The lowest BCUT2D eigenvalue weighted by molar-refractivity contribution is 0.387. The molecule has 2 atom stereocenters. The number of benzene rings is 2. The lowest BCUT2D eigenvalue weighted by Crippen LogP contribution is -2.27. The molecule has 3 aromatic rings. The molecule has 0 aliphatic carbocycles. The van der Waals surface area contributed by atoms with Crippen LogP contribution in [0, 0.1) is 18.8 Å². The molecule has 2 fully saturated rings. The SMILES string of the molecule is CN1C[C@@H]2CN(c3ccc(-c4ccc(O)cc4)nn3)C[C@@H]2C1.Cc1ccc(S(=O)(=O)O)cc1. The van der Waals surface area contributed by atoms with Crippen LogP contribution in [-0.4, -0.2) is 66.4 Å². The highest BCUT2D eigenvalue weighted by atomic mass is 32.2. The summed E-state index contributed by atoms with van der Waals surface area (Å²) < 4.78 is 29.6. The predicted octanol–water partition coefficient (Wildman–Crippen LogP) is 3.09. The van der Waals surface area contributed by atoms with Gasteiger partial charge in [0.05, 0.1) is 10.6 Å². The first-order valence-electron chi connectivity index (χ1n) is 10.8. The molecule has 0 bridgehead atoms. The first-order valence-corrected chi connectivity index (χ1v) is 12.2. The van der Waals surface area contributed by atoms with Gasteiger partial charge < -0.3 is 14.9 Å². The van der Waals surface area contributed by atoms with Crippen molar-refractivity contribution in [1.82, 2.24) is 15.1 Å². The molecule has 33 heavy (non-hydrogen) atoms. The van der Waals surface area contributed by atoms with E-state index in [1.54, 1.807) is 24.3 Å². The predicted molar refractivity (Wildman–Crippen MR) is 127 cm³/mol. The minimum Gasteiger partial charge on any atom is -0.508 e. The van der Waals surface area contributed by atoms with E-state index in [-0.39, 0.29) is 10.6 Å². The number of fused-ring (bicyclic) bond motifs is 1. The molecule has 5 rings (SSSR count). The molecule has 2 aromatic carbocycles. The van der Waals surface area contributed by atoms with Gasteiger partial charge in [0.2, 0.25) is 0 Å². The minimum absolute atomic E-state index is 0.0666. The molecular formula is C24H28N4O4S. The highest BCUT2D eigenvalue weighted by Crippen LogP contribution is 2.32. The Morgan fingerprint density at radius 3 is 1.97 bits per heavy atom. The van der Waals surface area contributed by atoms with Crippen LogP contribution in [-0.2, 0) is 10.1 Å². The zero-order valence-corrected chi connectivity index (χ0v) is 19.5. The number of likely N-dealkylation sites (tertiary alicyclic amines) is 1. The quantitative estimate of drug-likeness (QED) is 0.565. The fourth-order valence-electron chi connectivity index (χ4n) is 4.40. The third-order valence-electron chi connectivity index (χ3n) is 6.13. The highest BCUT2D eigenvalue weighted by Gasteiger charge is 2.39. The number of phenolic OH excluding ortho intramolecular Hbond substituents is 1. The molecule has 3 heterocycles. The largest absolute Gasteiger partial charge is 0.508 e. The summed E-state index contributed by atoms with van der Waals surface area (Å²) in [7, 11) is -1.82. The molecule has 0 saturated carbocycles. The van der Waals surface area contributed by atoms with Crippen LogP contribution in [0.1, 0.15) is 5.56 Å². The Labute approximate surface area is 194 Å². The number of rotatable bonds is 3.